The molecule has 0 unspecified atom stereocenters. The van der Waals surface area contributed by atoms with Crippen molar-refractivity contribution >= 4 is 5.91 Å². The maximum Gasteiger partial charge on any atom is 0.221 e. The molecule has 0 atom stereocenters. The van der Waals surface area contributed by atoms with Gasteiger partial charge < -0.3 is 15.2 Å². The lowest BCUT2D eigenvalue weighted by Crippen LogP contribution is -2.29. The molecule has 0 saturated heterocycles. The van der Waals surface area contributed by atoms with Gasteiger partial charge in [0.05, 0.1) is 0 Å². The Hall–Kier alpha value is -1.29. The van der Waals surface area contributed by atoms with Gasteiger partial charge >= 0.3 is 0 Å². The number of amides is 1. The zero-order chi connectivity index (χ0) is 11.4. The largest absolute Gasteiger partial charge is 0.353 e. The van der Waals surface area contributed by atoms with Crippen LogP contribution < -0.4 is 10.6 Å². The van der Waals surface area contributed by atoms with E-state index in [-0.39, 0.29) is 5.91 Å². The van der Waals surface area contributed by atoms with E-state index >= 15 is 0 Å². The molecule has 1 aliphatic carbocycles. The molecule has 1 aromatic heterocycles. The average Bonchev–Trinajstić information content (AvgIpc) is 2.96. The predicted molar refractivity (Wildman–Crippen MR) is 62.9 cm³/mol. The Morgan fingerprint density at radius 3 is 3.00 bits per heavy atom. The van der Waals surface area contributed by atoms with Gasteiger partial charge in [-0.1, -0.05) is 0 Å². The Balaban J connectivity index is 1.57. The number of hydrogen-bond donors (Lipinski definition) is 2. The quantitative estimate of drug-likeness (QED) is 0.697. The van der Waals surface area contributed by atoms with Crippen LogP contribution in [0.25, 0.3) is 0 Å². The second kappa shape index (κ2) is 5.16. The molecule has 2 N–H and O–H groups in total. The van der Waals surface area contributed by atoms with E-state index < -0.39 is 0 Å². The summed E-state index contributed by atoms with van der Waals surface area (Å²) in [7, 11) is 2.02. The third-order valence-corrected chi connectivity index (χ3v) is 2.83. The van der Waals surface area contributed by atoms with Crippen LogP contribution >= 0.6 is 0 Å². The molecule has 0 spiro atoms. The predicted octanol–water partition coefficient (Wildman–Crippen LogP) is 0.783. The molecule has 0 radical (unpaired) electrons. The lowest BCUT2D eigenvalue weighted by molar-refractivity contribution is -0.121. The van der Waals surface area contributed by atoms with Crippen LogP contribution in [0.2, 0.25) is 0 Å². The highest BCUT2D eigenvalue weighted by Gasteiger charge is 2.22. The molecule has 2 rings (SSSR count). The summed E-state index contributed by atoms with van der Waals surface area (Å²) >= 11 is 0. The first-order valence-corrected chi connectivity index (χ1v) is 5.86. The fourth-order valence-electron chi connectivity index (χ4n) is 1.63. The maximum absolute atomic E-state index is 11.4. The number of carbonyl (C=O) groups excluding carboxylic acids is 1. The number of nitrogens with one attached hydrogen (secondary N) is 2. The first-order chi connectivity index (χ1) is 7.75. The summed E-state index contributed by atoms with van der Waals surface area (Å²) in [6.45, 7) is 1.56. The molecule has 0 aromatic carbocycles. The number of aromatic nitrogens is 1. The normalized spacial score (nSPS) is 15.1. The van der Waals surface area contributed by atoms with Crippen molar-refractivity contribution in [3.05, 3.63) is 24.0 Å². The molecule has 0 aliphatic heterocycles. The van der Waals surface area contributed by atoms with Crippen LogP contribution in [0.1, 0.15) is 25.0 Å². The van der Waals surface area contributed by atoms with Gasteiger partial charge in [0, 0.05) is 44.5 Å². The van der Waals surface area contributed by atoms with Gasteiger partial charge in [-0.15, -0.1) is 0 Å². The molecule has 1 saturated carbocycles. The number of aryl methyl sites for hydroxylation is 1. The number of carbonyl (C=O) groups is 1. The average molecular weight is 221 g/mol. The molecular weight excluding hydrogens is 202 g/mol. The highest BCUT2D eigenvalue weighted by molar-refractivity contribution is 5.76. The van der Waals surface area contributed by atoms with Crippen molar-refractivity contribution < 1.29 is 4.79 Å². The van der Waals surface area contributed by atoms with Crippen LogP contribution in [-0.4, -0.2) is 23.1 Å². The number of hydrogen-bond acceptors (Lipinski definition) is 2. The minimum Gasteiger partial charge on any atom is -0.353 e. The lowest BCUT2D eigenvalue weighted by Gasteiger charge is -2.06. The summed E-state index contributed by atoms with van der Waals surface area (Å²) in [5, 5.41) is 6.25. The SMILES string of the molecule is Cn1cccc1CNCCC(=O)NC1CC1. The highest BCUT2D eigenvalue weighted by atomic mass is 16.1. The van der Waals surface area contributed by atoms with Gasteiger partial charge in [-0.2, -0.15) is 0 Å². The zero-order valence-electron chi connectivity index (χ0n) is 9.70. The second-order valence-corrected chi connectivity index (χ2v) is 4.38. The summed E-state index contributed by atoms with van der Waals surface area (Å²) in [6.07, 6.45) is 4.91. The van der Waals surface area contributed by atoms with Crippen molar-refractivity contribution in [3.8, 4) is 0 Å². The molecular formula is C12H19N3O. The monoisotopic (exact) mass is 221 g/mol. The minimum atomic E-state index is 0.168. The van der Waals surface area contributed by atoms with Crippen LogP contribution in [0.3, 0.4) is 0 Å². The molecule has 1 aliphatic rings. The van der Waals surface area contributed by atoms with E-state index in [1.165, 1.54) is 5.69 Å². The maximum atomic E-state index is 11.4. The minimum absolute atomic E-state index is 0.168. The third-order valence-electron chi connectivity index (χ3n) is 2.83. The van der Waals surface area contributed by atoms with Gasteiger partial charge in [-0.25, -0.2) is 0 Å². The van der Waals surface area contributed by atoms with E-state index in [0.29, 0.717) is 12.5 Å². The molecule has 1 heterocycles. The van der Waals surface area contributed by atoms with Gasteiger partial charge in [0.15, 0.2) is 0 Å². The standard InChI is InChI=1S/C12H19N3O/c1-15-8-2-3-11(15)9-13-7-6-12(16)14-10-4-5-10/h2-3,8,10,13H,4-7,9H2,1H3,(H,14,16). The van der Waals surface area contributed by atoms with Gasteiger partial charge in [-0.05, 0) is 25.0 Å². The van der Waals surface area contributed by atoms with Gasteiger partial charge in [0.1, 0.15) is 0 Å². The van der Waals surface area contributed by atoms with Crippen LogP contribution in [0, 0.1) is 0 Å². The summed E-state index contributed by atoms with van der Waals surface area (Å²) < 4.78 is 2.08. The van der Waals surface area contributed by atoms with Crippen LogP contribution in [0.5, 0.6) is 0 Å². The summed E-state index contributed by atoms with van der Waals surface area (Å²) in [5.74, 6) is 0.168. The van der Waals surface area contributed by atoms with E-state index in [1.54, 1.807) is 0 Å². The Bertz CT molecular complexity index is 355. The van der Waals surface area contributed by atoms with Gasteiger partial charge in [0.25, 0.3) is 0 Å². The fraction of sp³-hybridized carbons (Fsp3) is 0.583. The number of rotatable bonds is 6. The van der Waals surface area contributed by atoms with Crippen LogP contribution in [0.4, 0.5) is 0 Å². The van der Waals surface area contributed by atoms with Crippen molar-refractivity contribution in [3.63, 3.8) is 0 Å². The van der Waals surface area contributed by atoms with Crippen LogP contribution in [0.15, 0.2) is 18.3 Å². The third kappa shape index (κ3) is 3.38. The van der Waals surface area contributed by atoms with Crippen molar-refractivity contribution in [1.29, 1.82) is 0 Å². The molecule has 88 valence electrons. The van der Waals surface area contributed by atoms with Crippen molar-refractivity contribution in [2.45, 2.75) is 31.8 Å². The molecule has 1 aromatic rings. The highest BCUT2D eigenvalue weighted by Crippen LogP contribution is 2.18. The van der Waals surface area contributed by atoms with E-state index in [2.05, 4.69) is 21.3 Å². The van der Waals surface area contributed by atoms with Gasteiger partial charge in [-0.3, -0.25) is 4.79 Å². The topological polar surface area (TPSA) is 46.1 Å². The molecule has 1 amide bonds. The second-order valence-electron chi connectivity index (χ2n) is 4.38. The van der Waals surface area contributed by atoms with Crippen molar-refractivity contribution in [2.24, 2.45) is 7.05 Å². The summed E-state index contributed by atoms with van der Waals surface area (Å²) in [4.78, 5) is 11.4. The Kier molecular flexibility index (Phi) is 3.62. The van der Waals surface area contributed by atoms with E-state index in [1.807, 2.05) is 19.3 Å². The first kappa shape index (κ1) is 11.2. The molecule has 4 heteroatoms. The van der Waals surface area contributed by atoms with E-state index in [9.17, 15) is 4.79 Å². The van der Waals surface area contributed by atoms with Crippen molar-refractivity contribution in [1.82, 2.24) is 15.2 Å². The molecule has 4 nitrogen and oxygen atoms in total. The Labute approximate surface area is 96.0 Å². The van der Waals surface area contributed by atoms with Gasteiger partial charge in [0.2, 0.25) is 5.91 Å². The summed E-state index contributed by atoms with van der Waals surface area (Å²) in [6, 6.07) is 4.58. The van der Waals surface area contributed by atoms with E-state index in [4.69, 9.17) is 0 Å². The Morgan fingerprint density at radius 1 is 1.56 bits per heavy atom. The molecule has 16 heavy (non-hydrogen) atoms. The lowest BCUT2D eigenvalue weighted by atomic mass is 10.3. The zero-order valence-corrected chi connectivity index (χ0v) is 9.70. The summed E-state index contributed by atoms with van der Waals surface area (Å²) in [5.41, 5.74) is 1.24. The molecule has 0 bridgehead atoms. The Morgan fingerprint density at radius 2 is 2.38 bits per heavy atom. The molecule has 1 fully saturated rings. The first-order valence-electron chi connectivity index (χ1n) is 5.86. The smallest absolute Gasteiger partial charge is 0.221 e. The van der Waals surface area contributed by atoms with Crippen molar-refractivity contribution in [2.75, 3.05) is 6.54 Å². The number of nitrogens with zero attached hydrogens (tertiary/aromatic N) is 1. The van der Waals surface area contributed by atoms with Crippen LogP contribution in [-0.2, 0) is 18.4 Å². The fourth-order valence-corrected chi connectivity index (χ4v) is 1.63. The van der Waals surface area contributed by atoms with E-state index in [0.717, 1.165) is 25.9 Å².